The monoisotopic (exact) mass is 359 g/mol. The van der Waals surface area contributed by atoms with Crippen LogP contribution in [0.1, 0.15) is 5.56 Å². The predicted octanol–water partition coefficient (Wildman–Crippen LogP) is 1.51. The summed E-state index contributed by atoms with van der Waals surface area (Å²) in [6.45, 7) is 1.11. The van der Waals surface area contributed by atoms with Crippen LogP contribution in [-0.4, -0.2) is 30.0 Å². The predicted molar refractivity (Wildman–Crippen MR) is 91.6 cm³/mol. The summed E-state index contributed by atoms with van der Waals surface area (Å²) < 4.78 is 10.4. The highest BCUT2D eigenvalue weighted by Crippen LogP contribution is 2.25. The van der Waals surface area contributed by atoms with Crippen LogP contribution in [0.25, 0.3) is 0 Å². The van der Waals surface area contributed by atoms with Gasteiger partial charge in [0, 0.05) is 6.07 Å². The van der Waals surface area contributed by atoms with Gasteiger partial charge in [-0.15, -0.1) is 0 Å². The van der Waals surface area contributed by atoms with Crippen molar-refractivity contribution in [2.75, 3.05) is 13.2 Å². The first-order valence-corrected chi connectivity index (χ1v) is 7.59. The smallest absolute Gasteiger partial charge is 0.310 e. The molecule has 0 spiro atoms. The summed E-state index contributed by atoms with van der Waals surface area (Å²) in [4.78, 5) is 33.5. The first kappa shape index (κ1) is 18.7. The van der Waals surface area contributed by atoms with E-state index in [1.165, 1.54) is 18.2 Å². The molecule has 2 amide bonds. The van der Waals surface area contributed by atoms with Crippen LogP contribution in [0.2, 0.25) is 0 Å². The maximum Gasteiger partial charge on any atom is 0.310 e. The second-order valence-corrected chi connectivity index (χ2v) is 5.22. The van der Waals surface area contributed by atoms with Crippen molar-refractivity contribution in [3.8, 4) is 11.5 Å². The number of nitro groups is 1. The fraction of sp³-hybridized carbons (Fsp3) is 0.176. The topological polar surface area (TPSA) is 120 Å². The highest BCUT2D eigenvalue weighted by atomic mass is 16.6. The highest BCUT2D eigenvalue weighted by molar-refractivity contribution is 5.83. The minimum atomic E-state index is -0.674. The molecule has 0 saturated carbocycles. The molecule has 0 atom stereocenters. The zero-order valence-electron chi connectivity index (χ0n) is 13.9. The van der Waals surface area contributed by atoms with E-state index in [1.54, 1.807) is 24.3 Å². The van der Waals surface area contributed by atoms with Gasteiger partial charge in [0.2, 0.25) is 0 Å². The Morgan fingerprint density at radius 1 is 1.00 bits per heavy atom. The van der Waals surface area contributed by atoms with Gasteiger partial charge in [0.25, 0.3) is 11.8 Å². The molecule has 2 rings (SSSR count). The molecule has 9 nitrogen and oxygen atoms in total. The molecule has 0 bridgehead atoms. The van der Waals surface area contributed by atoms with Crippen LogP contribution < -0.4 is 20.3 Å². The number of nitrogens with one attached hydrogen (secondary N) is 2. The van der Waals surface area contributed by atoms with Gasteiger partial charge < -0.3 is 9.47 Å². The Labute approximate surface area is 149 Å². The molecule has 26 heavy (non-hydrogen) atoms. The van der Waals surface area contributed by atoms with Crippen molar-refractivity contribution >= 4 is 17.5 Å². The average Bonchev–Trinajstić information content (AvgIpc) is 2.63. The van der Waals surface area contributed by atoms with Gasteiger partial charge in [-0.3, -0.25) is 30.6 Å². The molecule has 0 aliphatic heterocycles. The van der Waals surface area contributed by atoms with Crippen LogP contribution in [0.5, 0.6) is 11.5 Å². The van der Waals surface area contributed by atoms with Crippen molar-refractivity contribution < 1.29 is 24.0 Å². The first-order valence-electron chi connectivity index (χ1n) is 7.59. The highest BCUT2D eigenvalue weighted by Gasteiger charge is 2.15. The number of hydrazine groups is 1. The number of nitrogens with zero attached hydrogens (tertiary/aromatic N) is 1. The number of hydrogen-bond donors (Lipinski definition) is 2. The van der Waals surface area contributed by atoms with Gasteiger partial charge in [-0.25, -0.2) is 0 Å². The lowest BCUT2D eigenvalue weighted by Crippen LogP contribution is -2.45. The Hall–Kier alpha value is -3.62. The van der Waals surface area contributed by atoms with Crippen LogP contribution in [-0.2, 0) is 9.59 Å². The molecule has 0 heterocycles. The van der Waals surface area contributed by atoms with Crippen molar-refractivity contribution in [3.05, 3.63) is 64.2 Å². The third-order valence-corrected chi connectivity index (χ3v) is 3.12. The second kappa shape index (κ2) is 9.02. The maximum absolute atomic E-state index is 11.7. The molecule has 0 fully saturated rings. The maximum atomic E-state index is 11.7. The van der Waals surface area contributed by atoms with Crippen LogP contribution in [0, 0.1) is 17.0 Å². The van der Waals surface area contributed by atoms with Crippen LogP contribution >= 0.6 is 0 Å². The molecule has 136 valence electrons. The van der Waals surface area contributed by atoms with Crippen LogP contribution in [0.4, 0.5) is 5.69 Å². The minimum Gasteiger partial charge on any atom is -0.484 e. The third-order valence-electron chi connectivity index (χ3n) is 3.12. The summed E-state index contributed by atoms with van der Waals surface area (Å²) in [5.41, 5.74) is 5.03. The fourth-order valence-corrected chi connectivity index (χ4v) is 1.94. The third kappa shape index (κ3) is 5.78. The van der Waals surface area contributed by atoms with Crippen molar-refractivity contribution in [1.29, 1.82) is 0 Å². The number of benzene rings is 2. The largest absolute Gasteiger partial charge is 0.484 e. The normalized spacial score (nSPS) is 9.88. The van der Waals surface area contributed by atoms with Crippen LogP contribution in [0.3, 0.4) is 0 Å². The summed E-state index contributed by atoms with van der Waals surface area (Å²) in [6, 6.07) is 12.8. The summed E-state index contributed by atoms with van der Waals surface area (Å²) >= 11 is 0. The number of carbonyl (C=O) groups excluding carboxylic acids is 2. The summed E-state index contributed by atoms with van der Waals surface area (Å²) in [5, 5.41) is 10.8. The standard InChI is InChI=1S/C17H17N3O6/c1-12-5-4-6-13(9-12)25-10-16(21)18-19-17(22)11-26-15-8-3-2-7-14(15)20(23)24/h2-9H,10-11H2,1H3,(H,18,21)(H,19,22). The lowest BCUT2D eigenvalue weighted by Gasteiger charge is -2.10. The van der Waals surface area contributed by atoms with Crippen molar-refractivity contribution in [2.24, 2.45) is 0 Å². The molecule has 0 aliphatic carbocycles. The average molecular weight is 359 g/mol. The van der Waals surface area contributed by atoms with E-state index in [2.05, 4.69) is 10.9 Å². The van der Waals surface area contributed by atoms with E-state index in [0.29, 0.717) is 5.75 Å². The molecule has 9 heteroatoms. The van der Waals surface area contributed by atoms with Gasteiger partial charge in [0.1, 0.15) is 5.75 Å². The Kier molecular flexibility index (Phi) is 6.49. The summed E-state index contributed by atoms with van der Waals surface area (Å²) in [6.07, 6.45) is 0. The SMILES string of the molecule is Cc1cccc(OCC(=O)NNC(=O)COc2ccccc2[N+](=O)[O-])c1. The Morgan fingerprint density at radius 2 is 1.65 bits per heavy atom. The number of amides is 2. The Bertz CT molecular complexity index is 809. The molecular formula is C17H17N3O6. The van der Waals surface area contributed by atoms with Gasteiger partial charge in [0.05, 0.1) is 4.92 Å². The number of hydrogen-bond acceptors (Lipinski definition) is 6. The first-order chi connectivity index (χ1) is 12.5. The van der Waals surface area contributed by atoms with E-state index in [4.69, 9.17) is 9.47 Å². The lowest BCUT2D eigenvalue weighted by atomic mass is 10.2. The molecule has 0 aromatic heterocycles. The Morgan fingerprint density at radius 3 is 2.31 bits per heavy atom. The molecule has 0 unspecified atom stereocenters. The Balaban J connectivity index is 1.73. The number of para-hydroxylation sites is 2. The van der Waals surface area contributed by atoms with E-state index >= 15 is 0 Å². The van der Waals surface area contributed by atoms with E-state index in [9.17, 15) is 19.7 Å². The molecular weight excluding hydrogens is 342 g/mol. The molecule has 2 aromatic rings. The van der Waals surface area contributed by atoms with E-state index in [0.717, 1.165) is 5.56 Å². The number of carbonyl (C=O) groups is 2. The zero-order valence-corrected chi connectivity index (χ0v) is 13.9. The summed E-state index contributed by atoms with van der Waals surface area (Å²) in [7, 11) is 0. The van der Waals surface area contributed by atoms with Crippen molar-refractivity contribution in [1.82, 2.24) is 10.9 Å². The molecule has 0 saturated heterocycles. The molecule has 2 aromatic carbocycles. The van der Waals surface area contributed by atoms with Gasteiger partial charge >= 0.3 is 5.69 Å². The number of ether oxygens (including phenoxy) is 2. The molecule has 0 aliphatic rings. The second-order valence-electron chi connectivity index (χ2n) is 5.22. The van der Waals surface area contributed by atoms with Gasteiger partial charge in [-0.05, 0) is 30.7 Å². The van der Waals surface area contributed by atoms with E-state index in [1.807, 2.05) is 13.0 Å². The lowest BCUT2D eigenvalue weighted by molar-refractivity contribution is -0.385. The summed E-state index contributed by atoms with van der Waals surface area (Å²) in [5.74, 6) is -0.745. The molecule has 2 N–H and O–H groups in total. The molecule has 0 radical (unpaired) electrons. The number of nitro benzene ring substituents is 1. The zero-order chi connectivity index (χ0) is 18.9. The number of rotatable bonds is 7. The van der Waals surface area contributed by atoms with Crippen molar-refractivity contribution in [3.63, 3.8) is 0 Å². The van der Waals surface area contributed by atoms with E-state index in [-0.39, 0.29) is 18.0 Å². The fourth-order valence-electron chi connectivity index (χ4n) is 1.94. The van der Waals surface area contributed by atoms with Gasteiger partial charge in [-0.1, -0.05) is 24.3 Å². The van der Waals surface area contributed by atoms with Gasteiger partial charge in [-0.2, -0.15) is 0 Å². The van der Waals surface area contributed by atoms with E-state index < -0.39 is 23.3 Å². The van der Waals surface area contributed by atoms with Gasteiger partial charge in [0.15, 0.2) is 19.0 Å². The van der Waals surface area contributed by atoms with Crippen LogP contribution in [0.15, 0.2) is 48.5 Å². The van der Waals surface area contributed by atoms with Crippen molar-refractivity contribution in [2.45, 2.75) is 6.92 Å². The quantitative estimate of drug-likeness (QED) is 0.571. The minimum absolute atomic E-state index is 0.0400. The number of aryl methyl sites for hydroxylation is 1.